The van der Waals surface area contributed by atoms with Crippen molar-refractivity contribution in [3.63, 3.8) is 0 Å². The molecule has 0 aliphatic carbocycles. The zero-order valence-electron chi connectivity index (χ0n) is 9.46. The molecule has 0 radical (unpaired) electrons. The highest BCUT2D eigenvalue weighted by atomic mass is 32.1. The molecule has 94 valence electrons. The predicted molar refractivity (Wildman–Crippen MR) is 69.9 cm³/mol. The number of anilines is 2. The summed E-state index contributed by atoms with van der Waals surface area (Å²) in [5, 5.41) is 13.8. The summed E-state index contributed by atoms with van der Waals surface area (Å²) in [6.07, 6.45) is 2.05. The average Bonchev–Trinajstić information content (AvgIpc) is 2.84. The van der Waals surface area contributed by atoms with Crippen molar-refractivity contribution >= 4 is 28.8 Å². The number of carbonyl (C=O) groups is 1. The predicted octanol–water partition coefficient (Wildman–Crippen LogP) is 1.47. The first kappa shape index (κ1) is 12.3. The van der Waals surface area contributed by atoms with Crippen LogP contribution in [0.2, 0.25) is 0 Å². The second kappa shape index (κ2) is 5.46. The Kier molecular flexibility index (Phi) is 3.73. The van der Waals surface area contributed by atoms with Crippen molar-refractivity contribution in [2.24, 2.45) is 0 Å². The number of nitrogens with zero attached hydrogens (tertiary/aromatic N) is 2. The highest BCUT2D eigenvalue weighted by Gasteiger charge is 2.07. The minimum atomic E-state index is -1.04. The highest BCUT2D eigenvalue weighted by Crippen LogP contribution is 2.16. The second-order valence-electron chi connectivity index (χ2n) is 3.62. The Morgan fingerprint density at radius 3 is 2.94 bits per heavy atom. The van der Waals surface area contributed by atoms with Gasteiger partial charge in [0.25, 0.3) is 0 Å². The van der Waals surface area contributed by atoms with Gasteiger partial charge < -0.3 is 16.2 Å². The first-order valence-corrected chi connectivity index (χ1v) is 6.21. The molecule has 2 aromatic rings. The van der Waals surface area contributed by atoms with Crippen LogP contribution in [0.15, 0.2) is 23.2 Å². The summed E-state index contributed by atoms with van der Waals surface area (Å²) < 4.78 is 0. The summed E-state index contributed by atoms with van der Waals surface area (Å²) in [7, 11) is 0. The number of rotatable bonds is 5. The zero-order chi connectivity index (χ0) is 13.0. The van der Waals surface area contributed by atoms with E-state index < -0.39 is 5.97 Å². The molecule has 0 aliphatic heterocycles. The summed E-state index contributed by atoms with van der Waals surface area (Å²) in [4.78, 5) is 18.9. The second-order valence-corrected chi connectivity index (χ2v) is 4.34. The van der Waals surface area contributed by atoms with Crippen LogP contribution in [0.25, 0.3) is 0 Å². The number of thiazole rings is 1. The van der Waals surface area contributed by atoms with Crippen molar-refractivity contribution in [2.75, 3.05) is 17.6 Å². The van der Waals surface area contributed by atoms with Gasteiger partial charge in [-0.2, -0.15) is 0 Å². The van der Waals surface area contributed by atoms with Gasteiger partial charge in [-0.3, -0.25) is 0 Å². The molecule has 6 nitrogen and oxygen atoms in total. The monoisotopic (exact) mass is 264 g/mol. The van der Waals surface area contributed by atoms with Gasteiger partial charge in [0.05, 0.1) is 22.5 Å². The third-order valence-corrected chi connectivity index (χ3v) is 2.96. The van der Waals surface area contributed by atoms with Gasteiger partial charge in [0.1, 0.15) is 5.82 Å². The smallest absolute Gasteiger partial charge is 0.337 e. The van der Waals surface area contributed by atoms with Gasteiger partial charge >= 0.3 is 5.97 Å². The van der Waals surface area contributed by atoms with Gasteiger partial charge in [0.2, 0.25) is 0 Å². The van der Waals surface area contributed by atoms with E-state index in [1.807, 2.05) is 5.38 Å². The lowest BCUT2D eigenvalue weighted by Gasteiger charge is -2.07. The number of hydrogen-bond acceptors (Lipinski definition) is 6. The van der Waals surface area contributed by atoms with Crippen LogP contribution >= 0.6 is 11.3 Å². The molecule has 0 bridgehead atoms. The van der Waals surface area contributed by atoms with E-state index in [0.29, 0.717) is 18.1 Å². The van der Waals surface area contributed by atoms with Crippen LogP contribution in [-0.4, -0.2) is 27.6 Å². The molecule has 0 saturated heterocycles. The highest BCUT2D eigenvalue weighted by molar-refractivity contribution is 7.07. The Hall–Kier alpha value is -2.15. The number of nitrogen functional groups attached to an aromatic ring is 1. The van der Waals surface area contributed by atoms with E-state index in [4.69, 9.17) is 10.8 Å². The summed E-state index contributed by atoms with van der Waals surface area (Å²) in [5.41, 5.74) is 8.91. The molecule has 18 heavy (non-hydrogen) atoms. The number of pyridine rings is 1. The van der Waals surface area contributed by atoms with Crippen molar-refractivity contribution in [3.8, 4) is 0 Å². The average molecular weight is 264 g/mol. The topological polar surface area (TPSA) is 101 Å². The third-order valence-electron chi connectivity index (χ3n) is 2.32. The Bertz CT molecular complexity index is 542. The minimum Gasteiger partial charge on any atom is -0.478 e. The van der Waals surface area contributed by atoms with Crippen LogP contribution < -0.4 is 11.1 Å². The lowest BCUT2D eigenvalue weighted by Crippen LogP contribution is -2.10. The Balaban J connectivity index is 1.95. The molecule has 4 N–H and O–H groups in total. The van der Waals surface area contributed by atoms with Crippen LogP contribution in [0.4, 0.5) is 11.5 Å². The van der Waals surface area contributed by atoms with Crippen molar-refractivity contribution in [1.82, 2.24) is 9.97 Å². The molecule has 7 heteroatoms. The number of carboxylic acids is 1. The molecule has 0 fully saturated rings. The SMILES string of the molecule is Nc1cc(C(=O)O)cnc1NCCc1cscn1. The molecule has 0 aromatic carbocycles. The fourth-order valence-electron chi connectivity index (χ4n) is 1.42. The Labute approximate surface area is 108 Å². The number of nitrogens with one attached hydrogen (secondary N) is 1. The van der Waals surface area contributed by atoms with Crippen LogP contribution in [0.3, 0.4) is 0 Å². The van der Waals surface area contributed by atoms with Gasteiger partial charge in [0.15, 0.2) is 0 Å². The lowest BCUT2D eigenvalue weighted by atomic mass is 10.2. The van der Waals surface area contributed by atoms with E-state index in [-0.39, 0.29) is 5.56 Å². The van der Waals surface area contributed by atoms with E-state index in [0.717, 1.165) is 12.1 Å². The molecular formula is C11H12N4O2S. The molecule has 0 unspecified atom stereocenters. The van der Waals surface area contributed by atoms with E-state index >= 15 is 0 Å². The number of nitrogens with two attached hydrogens (primary N) is 1. The summed E-state index contributed by atoms with van der Waals surface area (Å²) in [6, 6.07) is 1.39. The first-order chi connectivity index (χ1) is 8.66. The van der Waals surface area contributed by atoms with E-state index in [1.54, 1.807) is 16.8 Å². The molecule has 0 spiro atoms. The maximum absolute atomic E-state index is 10.7. The molecule has 2 heterocycles. The summed E-state index contributed by atoms with van der Waals surface area (Å²) in [6.45, 7) is 0.646. The van der Waals surface area contributed by atoms with E-state index in [9.17, 15) is 4.79 Å². The quantitative estimate of drug-likeness (QED) is 0.756. The maximum atomic E-state index is 10.7. The van der Waals surface area contributed by atoms with Gasteiger partial charge in [-0.1, -0.05) is 0 Å². The molecule has 0 atom stereocenters. The summed E-state index contributed by atoms with van der Waals surface area (Å²) >= 11 is 1.55. The molecular weight excluding hydrogens is 252 g/mol. The van der Waals surface area contributed by atoms with Gasteiger partial charge in [0, 0.05) is 24.5 Å². The molecule has 2 aromatic heterocycles. The maximum Gasteiger partial charge on any atom is 0.337 e. The standard InChI is InChI=1S/C11H12N4O2S/c12-9-3-7(11(16)17)4-14-10(9)13-2-1-8-5-18-6-15-8/h3-6H,1-2,12H2,(H,13,14)(H,16,17). The normalized spacial score (nSPS) is 10.2. The molecule has 0 amide bonds. The van der Waals surface area contributed by atoms with Crippen LogP contribution in [-0.2, 0) is 6.42 Å². The Morgan fingerprint density at radius 2 is 2.33 bits per heavy atom. The third kappa shape index (κ3) is 2.95. The molecule has 2 rings (SSSR count). The van der Waals surface area contributed by atoms with E-state index in [1.165, 1.54) is 12.3 Å². The van der Waals surface area contributed by atoms with Crippen molar-refractivity contribution < 1.29 is 9.90 Å². The first-order valence-electron chi connectivity index (χ1n) is 5.26. The van der Waals surface area contributed by atoms with Crippen molar-refractivity contribution in [2.45, 2.75) is 6.42 Å². The van der Waals surface area contributed by atoms with Crippen molar-refractivity contribution in [3.05, 3.63) is 34.4 Å². The number of aromatic carboxylic acids is 1. The van der Waals surface area contributed by atoms with Crippen molar-refractivity contribution in [1.29, 1.82) is 0 Å². The summed E-state index contributed by atoms with van der Waals surface area (Å²) in [5.74, 6) is -0.543. The molecule has 0 saturated carbocycles. The van der Waals surface area contributed by atoms with Crippen LogP contribution in [0.1, 0.15) is 16.1 Å². The van der Waals surface area contributed by atoms with Gasteiger partial charge in [-0.15, -0.1) is 11.3 Å². The number of aromatic nitrogens is 2. The van der Waals surface area contributed by atoms with Crippen LogP contribution in [0.5, 0.6) is 0 Å². The molecule has 0 aliphatic rings. The lowest BCUT2D eigenvalue weighted by molar-refractivity contribution is 0.0696. The largest absolute Gasteiger partial charge is 0.478 e. The van der Waals surface area contributed by atoms with Crippen LogP contribution in [0, 0.1) is 0 Å². The van der Waals surface area contributed by atoms with E-state index in [2.05, 4.69) is 15.3 Å². The zero-order valence-corrected chi connectivity index (χ0v) is 10.3. The van der Waals surface area contributed by atoms with Gasteiger partial charge in [-0.25, -0.2) is 14.8 Å². The number of carboxylic acid groups (broad SMARTS) is 1. The minimum absolute atomic E-state index is 0.0811. The fraction of sp³-hybridized carbons (Fsp3) is 0.182. The Morgan fingerprint density at radius 1 is 1.50 bits per heavy atom. The van der Waals surface area contributed by atoms with Gasteiger partial charge in [-0.05, 0) is 6.07 Å². The fourth-order valence-corrected chi connectivity index (χ4v) is 2.01. The number of hydrogen-bond donors (Lipinski definition) is 3.